The summed E-state index contributed by atoms with van der Waals surface area (Å²) < 4.78 is 11.0. The fourth-order valence-corrected chi connectivity index (χ4v) is 1.72. The average molecular weight is 256 g/mol. The SMILES string of the molecule is FC1=C(Cl)C(Cl)(Cl)C(Cl)=C1Cl. The summed E-state index contributed by atoms with van der Waals surface area (Å²) in [7, 11) is 0. The molecule has 0 bridgehead atoms. The minimum atomic E-state index is -1.72. The first kappa shape index (κ1) is 9.94. The van der Waals surface area contributed by atoms with Crippen LogP contribution < -0.4 is 0 Å². The zero-order valence-electron chi connectivity index (χ0n) is 4.77. The molecule has 0 amide bonds. The zero-order chi connectivity index (χ0) is 8.81. The highest BCUT2D eigenvalue weighted by Crippen LogP contribution is 2.52. The highest BCUT2D eigenvalue weighted by molar-refractivity contribution is 6.64. The van der Waals surface area contributed by atoms with Crippen LogP contribution in [-0.4, -0.2) is 4.33 Å². The van der Waals surface area contributed by atoms with Gasteiger partial charge in [0.2, 0.25) is 0 Å². The van der Waals surface area contributed by atoms with Crippen LogP contribution in [0.4, 0.5) is 4.39 Å². The molecule has 1 aliphatic carbocycles. The third-order valence-electron chi connectivity index (χ3n) is 1.13. The molecular formula is C5Cl5F. The van der Waals surface area contributed by atoms with Crippen molar-refractivity contribution in [3.8, 4) is 0 Å². The Kier molecular flexibility index (Phi) is 2.68. The normalized spacial score (nSPS) is 23.5. The van der Waals surface area contributed by atoms with Gasteiger partial charge in [0.25, 0.3) is 0 Å². The molecule has 0 fully saturated rings. The fraction of sp³-hybridized carbons (Fsp3) is 0.200. The van der Waals surface area contributed by atoms with E-state index >= 15 is 0 Å². The Labute approximate surface area is 87.5 Å². The van der Waals surface area contributed by atoms with Crippen molar-refractivity contribution < 1.29 is 4.39 Å². The van der Waals surface area contributed by atoms with Crippen molar-refractivity contribution in [1.29, 1.82) is 0 Å². The summed E-state index contributed by atoms with van der Waals surface area (Å²) in [4.78, 5) is 0. The van der Waals surface area contributed by atoms with Crippen molar-refractivity contribution in [2.24, 2.45) is 0 Å². The van der Waals surface area contributed by atoms with Gasteiger partial charge in [-0.25, -0.2) is 4.39 Å². The molecule has 0 aliphatic heterocycles. The Morgan fingerprint density at radius 2 is 1.45 bits per heavy atom. The lowest BCUT2D eigenvalue weighted by molar-refractivity contribution is 0.661. The second kappa shape index (κ2) is 2.97. The predicted octanol–water partition coefficient (Wildman–Crippen LogP) is 4.28. The molecule has 0 aromatic heterocycles. The molecule has 11 heavy (non-hydrogen) atoms. The van der Waals surface area contributed by atoms with E-state index in [0.717, 1.165) is 0 Å². The molecule has 0 heterocycles. The van der Waals surface area contributed by atoms with Gasteiger partial charge in [0.05, 0.1) is 15.1 Å². The van der Waals surface area contributed by atoms with Crippen LogP contribution in [0.25, 0.3) is 0 Å². The van der Waals surface area contributed by atoms with E-state index in [0.29, 0.717) is 0 Å². The number of allylic oxidation sites excluding steroid dienone is 4. The predicted molar refractivity (Wildman–Crippen MR) is 47.2 cm³/mol. The second-order valence-electron chi connectivity index (χ2n) is 1.83. The molecule has 0 spiro atoms. The third-order valence-corrected chi connectivity index (χ3v) is 3.65. The maximum Gasteiger partial charge on any atom is 0.193 e. The van der Waals surface area contributed by atoms with Crippen LogP contribution in [0.15, 0.2) is 20.9 Å². The molecule has 0 nitrogen and oxygen atoms in total. The summed E-state index contributed by atoms with van der Waals surface area (Å²) in [6, 6.07) is 0. The Hall–Kier alpha value is 0.860. The largest absolute Gasteiger partial charge is 0.204 e. The first-order chi connectivity index (χ1) is 4.89. The minimum Gasteiger partial charge on any atom is -0.204 e. The van der Waals surface area contributed by atoms with Gasteiger partial charge in [-0.3, -0.25) is 0 Å². The fourth-order valence-electron chi connectivity index (χ4n) is 0.565. The van der Waals surface area contributed by atoms with Crippen LogP contribution >= 0.6 is 58.0 Å². The van der Waals surface area contributed by atoms with Gasteiger partial charge >= 0.3 is 0 Å². The smallest absolute Gasteiger partial charge is 0.193 e. The van der Waals surface area contributed by atoms with Gasteiger partial charge in [0.15, 0.2) is 10.2 Å². The van der Waals surface area contributed by atoms with E-state index in [-0.39, 0.29) is 10.1 Å². The van der Waals surface area contributed by atoms with Gasteiger partial charge in [-0.05, 0) is 0 Å². The Morgan fingerprint density at radius 1 is 1.00 bits per heavy atom. The van der Waals surface area contributed by atoms with Crippen LogP contribution in [0.5, 0.6) is 0 Å². The summed E-state index contributed by atoms with van der Waals surface area (Å²) >= 11 is 27.2. The minimum absolute atomic E-state index is 0.204. The third kappa shape index (κ3) is 1.38. The summed E-state index contributed by atoms with van der Waals surface area (Å²) in [5, 5.41) is -0.928. The summed E-state index contributed by atoms with van der Waals surface area (Å²) in [5.74, 6) is -0.872. The van der Waals surface area contributed by atoms with Crippen LogP contribution in [-0.2, 0) is 0 Å². The number of halogens is 6. The quantitative estimate of drug-likeness (QED) is 0.567. The lowest BCUT2D eigenvalue weighted by Gasteiger charge is -2.11. The molecule has 62 valence electrons. The summed E-state index contributed by atoms with van der Waals surface area (Å²) in [6.07, 6.45) is 0. The molecule has 0 aromatic carbocycles. The van der Waals surface area contributed by atoms with E-state index in [4.69, 9.17) is 58.0 Å². The second-order valence-corrected chi connectivity index (χ2v) is 4.29. The summed E-state index contributed by atoms with van der Waals surface area (Å²) in [5.41, 5.74) is 0. The van der Waals surface area contributed by atoms with Gasteiger partial charge < -0.3 is 0 Å². The lowest BCUT2D eigenvalue weighted by atomic mass is 10.4. The summed E-state index contributed by atoms with van der Waals surface area (Å²) in [6.45, 7) is 0. The first-order valence-corrected chi connectivity index (χ1v) is 4.27. The molecule has 6 heteroatoms. The Balaban J connectivity index is 3.27. The first-order valence-electron chi connectivity index (χ1n) is 2.38. The number of hydrogen-bond acceptors (Lipinski definition) is 0. The van der Waals surface area contributed by atoms with Crippen molar-refractivity contribution in [1.82, 2.24) is 0 Å². The average Bonchev–Trinajstić information content (AvgIpc) is 2.06. The maximum atomic E-state index is 12.8. The van der Waals surface area contributed by atoms with Gasteiger partial charge in [0, 0.05) is 0 Å². The van der Waals surface area contributed by atoms with Gasteiger partial charge in [-0.1, -0.05) is 58.0 Å². The molecule has 0 atom stereocenters. The van der Waals surface area contributed by atoms with Crippen LogP contribution in [0.3, 0.4) is 0 Å². The van der Waals surface area contributed by atoms with E-state index in [1.54, 1.807) is 0 Å². The van der Waals surface area contributed by atoms with E-state index in [1.807, 2.05) is 0 Å². The number of alkyl halides is 2. The highest BCUT2D eigenvalue weighted by atomic mass is 35.5. The van der Waals surface area contributed by atoms with Gasteiger partial charge in [-0.15, -0.1) is 0 Å². The van der Waals surface area contributed by atoms with Gasteiger partial charge in [-0.2, -0.15) is 0 Å². The van der Waals surface area contributed by atoms with Crippen molar-refractivity contribution in [3.63, 3.8) is 0 Å². The molecule has 1 rings (SSSR count). The molecule has 0 saturated carbocycles. The van der Waals surface area contributed by atoms with E-state index in [9.17, 15) is 4.39 Å². The molecule has 0 unspecified atom stereocenters. The number of hydrogen-bond donors (Lipinski definition) is 0. The monoisotopic (exact) mass is 254 g/mol. The van der Waals surface area contributed by atoms with Crippen molar-refractivity contribution >= 4 is 58.0 Å². The molecule has 0 saturated heterocycles. The highest BCUT2D eigenvalue weighted by Gasteiger charge is 2.43. The van der Waals surface area contributed by atoms with Gasteiger partial charge in [0.1, 0.15) is 0 Å². The topological polar surface area (TPSA) is 0 Å². The lowest BCUT2D eigenvalue weighted by Crippen LogP contribution is -2.09. The van der Waals surface area contributed by atoms with Crippen molar-refractivity contribution in [3.05, 3.63) is 20.9 Å². The molecule has 1 aliphatic rings. The van der Waals surface area contributed by atoms with Crippen molar-refractivity contribution in [2.75, 3.05) is 0 Å². The standard InChI is InChI=1S/C5Cl5F/c6-1-2(11)4(8)5(9,10)3(1)7. The Morgan fingerprint density at radius 3 is 1.55 bits per heavy atom. The molecule has 0 radical (unpaired) electrons. The van der Waals surface area contributed by atoms with Crippen LogP contribution in [0.1, 0.15) is 0 Å². The molecule has 0 aromatic rings. The zero-order valence-corrected chi connectivity index (χ0v) is 8.55. The van der Waals surface area contributed by atoms with E-state index in [1.165, 1.54) is 0 Å². The Bertz CT molecular complexity index is 238. The maximum absolute atomic E-state index is 12.8. The number of rotatable bonds is 0. The molecular weight excluding hydrogens is 256 g/mol. The van der Waals surface area contributed by atoms with E-state index in [2.05, 4.69) is 0 Å². The van der Waals surface area contributed by atoms with Crippen molar-refractivity contribution in [2.45, 2.75) is 4.33 Å². The van der Waals surface area contributed by atoms with Crippen LogP contribution in [0.2, 0.25) is 0 Å². The van der Waals surface area contributed by atoms with E-state index < -0.39 is 15.2 Å². The van der Waals surface area contributed by atoms with Crippen LogP contribution in [0, 0.1) is 0 Å². The molecule has 0 N–H and O–H groups in total.